The number of nitrogens with one attached hydrogen (secondary N) is 2. The summed E-state index contributed by atoms with van der Waals surface area (Å²) in [6.07, 6.45) is 0.608. The first kappa shape index (κ1) is 13.3. The van der Waals surface area contributed by atoms with Crippen molar-refractivity contribution in [3.05, 3.63) is 11.9 Å². The van der Waals surface area contributed by atoms with Gasteiger partial charge in [0.05, 0.1) is 6.54 Å². The highest BCUT2D eigenvalue weighted by Crippen LogP contribution is 2.21. The molecule has 2 N–H and O–H groups in total. The van der Waals surface area contributed by atoms with E-state index in [1.807, 2.05) is 6.92 Å². The molecule has 7 nitrogen and oxygen atoms in total. The maximum atomic E-state index is 11.8. The van der Waals surface area contributed by atoms with Crippen LogP contribution in [0.15, 0.2) is 6.07 Å². The van der Waals surface area contributed by atoms with E-state index in [-0.39, 0.29) is 24.4 Å². The third-order valence-electron chi connectivity index (χ3n) is 3.02. The third-order valence-corrected chi connectivity index (χ3v) is 3.02. The Morgan fingerprint density at radius 1 is 1.47 bits per heavy atom. The summed E-state index contributed by atoms with van der Waals surface area (Å²) < 4.78 is 0. The summed E-state index contributed by atoms with van der Waals surface area (Å²) >= 11 is 0. The average Bonchev–Trinajstić information content (AvgIpc) is 2.37. The molecule has 7 heteroatoms. The van der Waals surface area contributed by atoms with Crippen LogP contribution in [0.1, 0.15) is 19.2 Å². The molecule has 1 saturated heterocycles. The predicted octanol–water partition coefficient (Wildman–Crippen LogP) is 0.0681. The van der Waals surface area contributed by atoms with E-state index < -0.39 is 0 Å². The van der Waals surface area contributed by atoms with Gasteiger partial charge >= 0.3 is 0 Å². The Kier molecular flexibility index (Phi) is 3.64. The van der Waals surface area contributed by atoms with Gasteiger partial charge in [0.2, 0.25) is 11.8 Å². The summed E-state index contributed by atoms with van der Waals surface area (Å²) in [4.78, 5) is 33.6. The molecule has 1 aliphatic rings. The number of hydrogen-bond donors (Lipinski definition) is 2. The number of piperazine rings is 1. The lowest BCUT2D eigenvalue weighted by Gasteiger charge is -2.34. The van der Waals surface area contributed by atoms with Crippen LogP contribution in [0.5, 0.6) is 0 Å². The van der Waals surface area contributed by atoms with E-state index in [0.717, 1.165) is 0 Å². The third kappa shape index (κ3) is 2.64. The van der Waals surface area contributed by atoms with Crippen molar-refractivity contribution in [2.75, 3.05) is 23.8 Å². The molecular formula is C12H17N5O2. The first-order chi connectivity index (χ1) is 9.05. The molecule has 1 unspecified atom stereocenters. The van der Waals surface area contributed by atoms with Crippen LogP contribution in [-0.2, 0) is 9.59 Å². The number of hydrogen-bond acceptors (Lipinski definition) is 6. The van der Waals surface area contributed by atoms with Crippen LogP contribution in [-0.4, -0.2) is 41.4 Å². The Bertz CT molecular complexity index is 517. The topological polar surface area (TPSA) is 87.2 Å². The van der Waals surface area contributed by atoms with E-state index in [9.17, 15) is 9.59 Å². The van der Waals surface area contributed by atoms with E-state index in [4.69, 9.17) is 0 Å². The normalized spacial score (nSPS) is 19.3. The highest BCUT2D eigenvalue weighted by Gasteiger charge is 2.33. The SMILES string of the molecule is CCC1C(=O)NC(=O)CN1c1cc(NC)nc(C)n1. The fourth-order valence-electron chi connectivity index (χ4n) is 2.14. The highest BCUT2D eigenvalue weighted by molar-refractivity contribution is 6.04. The van der Waals surface area contributed by atoms with Crippen molar-refractivity contribution in [3.63, 3.8) is 0 Å². The summed E-state index contributed by atoms with van der Waals surface area (Å²) in [6.45, 7) is 3.81. The number of carbonyl (C=O) groups excluding carboxylic acids is 2. The van der Waals surface area contributed by atoms with Gasteiger partial charge in [0.15, 0.2) is 0 Å². The number of carbonyl (C=O) groups is 2. The van der Waals surface area contributed by atoms with E-state index >= 15 is 0 Å². The van der Waals surface area contributed by atoms with Gasteiger partial charge in [0.1, 0.15) is 23.5 Å². The maximum Gasteiger partial charge on any atom is 0.249 e. The van der Waals surface area contributed by atoms with Crippen LogP contribution in [0.4, 0.5) is 11.6 Å². The van der Waals surface area contributed by atoms with Crippen LogP contribution in [0.3, 0.4) is 0 Å². The average molecular weight is 263 g/mol. The molecule has 0 aromatic carbocycles. The Morgan fingerprint density at radius 2 is 2.21 bits per heavy atom. The van der Waals surface area contributed by atoms with Crippen molar-refractivity contribution in [2.24, 2.45) is 0 Å². The van der Waals surface area contributed by atoms with E-state index in [0.29, 0.717) is 23.9 Å². The number of nitrogens with zero attached hydrogens (tertiary/aromatic N) is 3. The zero-order valence-corrected chi connectivity index (χ0v) is 11.2. The number of anilines is 2. The smallest absolute Gasteiger partial charge is 0.249 e. The van der Waals surface area contributed by atoms with Gasteiger partial charge in [0, 0.05) is 13.1 Å². The molecule has 0 spiro atoms. The first-order valence-corrected chi connectivity index (χ1v) is 6.19. The number of amides is 2. The Hall–Kier alpha value is -2.18. The summed E-state index contributed by atoms with van der Waals surface area (Å²) in [5, 5.41) is 5.28. The molecule has 1 aliphatic heterocycles. The fourth-order valence-corrected chi connectivity index (χ4v) is 2.14. The lowest BCUT2D eigenvalue weighted by atomic mass is 10.1. The Balaban J connectivity index is 2.39. The second-order valence-corrected chi connectivity index (χ2v) is 4.37. The number of aromatic nitrogens is 2. The molecule has 2 rings (SSSR count). The van der Waals surface area contributed by atoms with Gasteiger partial charge in [-0.05, 0) is 13.3 Å². The highest BCUT2D eigenvalue weighted by atomic mass is 16.2. The molecule has 2 amide bonds. The first-order valence-electron chi connectivity index (χ1n) is 6.19. The molecule has 19 heavy (non-hydrogen) atoms. The predicted molar refractivity (Wildman–Crippen MR) is 70.9 cm³/mol. The van der Waals surface area contributed by atoms with Crippen molar-refractivity contribution < 1.29 is 9.59 Å². The lowest BCUT2D eigenvalue weighted by Crippen LogP contribution is -2.58. The molecule has 102 valence electrons. The summed E-state index contributed by atoms with van der Waals surface area (Å²) in [6, 6.07) is 1.36. The minimum Gasteiger partial charge on any atom is -0.373 e. The maximum absolute atomic E-state index is 11.8. The van der Waals surface area contributed by atoms with Crippen molar-refractivity contribution in [2.45, 2.75) is 26.3 Å². The van der Waals surface area contributed by atoms with Gasteiger partial charge in [-0.2, -0.15) is 0 Å². The zero-order valence-electron chi connectivity index (χ0n) is 11.2. The molecule has 0 saturated carbocycles. The fraction of sp³-hybridized carbons (Fsp3) is 0.500. The number of aryl methyl sites for hydroxylation is 1. The summed E-state index contributed by atoms with van der Waals surface area (Å²) in [5.74, 6) is 1.26. The van der Waals surface area contributed by atoms with Gasteiger partial charge in [-0.15, -0.1) is 0 Å². The number of rotatable bonds is 3. The largest absolute Gasteiger partial charge is 0.373 e. The van der Waals surface area contributed by atoms with Crippen molar-refractivity contribution in [1.29, 1.82) is 0 Å². The zero-order chi connectivity index (χ0) is 14.0. The van der Waals surface area contributed by atoms with Gasteiger partial charge in [-0.3, -0.25) is 14.9 Å². The van der Waals surface area contributed by atoms with Gasteiger partial charge in [0.25, 0.3) is 0 Å². The van der Waals surface area contributed by atoms with Crippen molar-refractivity contribution in [1.82, 2.24) is 15.3 Å². The second-order valence-electron chi connectivity index (χ2n) is 4.37. The summed E-state index contributed by atoms with van der Waals surface area (Å²) in [5.41, 5.74) is 0. The lowest BCUT2D eigenvalue weighted by molar-refractivity contribution is -0.132. The Morgan fingerprint density at radius 3 is 2.84 bits per heavy atom. The van der Waals surface area contributed by atoms with Crippen LogP contribution >= 0.6 is 0 Å². The molecule has 1 aromatic rings. The minimum absolute atomic E-state index is 0.129. The number of imide groups is 1. The Labute approximate surface area is 111 Å². The quantitative estimate of drug-likeness (QED) is 0.750. The van der Waals surface area contributed by atoms with Gasteiger partial charge in [-0.25, -0.2) is 9.97 Å². The van der Waals surface area contributed by atoms with E-state index in [1.165, 1.54) is 0 Å². The van der Waals surface area contributed by atoms with Crippen LogP contribution in [0.2, 0.25) is 0 Å². The van der Waals surface area contributed by atoms with Crippen molar-refractivity contribution >= 4 is 23.5 Å². The van der Waals surface area contributed by atoms with Crippen LogP contribution in [0, 0.1) is 6.92 Å². The van der Waals surface area contributed by atoms with Gasteiger partial charge < -0.3 is 10.2 Å². The molecule has 0 bridgehead atoms. The molecule has 1 aromatic heterocycles. The molecular weight excluding hydrogens is 246 g/mol. The monoisotopic (exact) mass is 263 g/mol. The molecule has 0 radical (unpaired) electrons. The van der Waals surface area contributed by atoms with E-state index in [2.05, 4.69) is 20.6 Å². The van der Waals surface area contributed by atoms with E-state index in [1.54, 1.807) is 24.9 Å². The van der Waals surface area contributed by atoms with Crippen LogP contribution in [0.25, 0.3) is 0 Å². The molecule has 1 atom stereocenters. The van der Waals surface area contributed by atoms with Crippen LogP contribution < -0.4 is 15.5 Å². The standard InChI is InChI=1S/C12H17N5O2/c1-4-8-12(19)16-11(18)6-17(8)10-5-9(13-3)14-7(2)15-10/h5,8H,4,6H2,1-3H3,(H,13,14,15)(H,16,18,19). The molecule has 2 heterocycles. The molecule has 1 fully saturated rings. The van der Waals surface area contributed by atoms with Crippen molar-refractivity contribution in [3.8, 4) is 0 Å². The second kappa shape index (κ2) is 5.21. The minimum atomic E-state index is -0.378. The summed E-state index contributed by atoms with van der Waals surface area (Å²) in [7, 11) is 1.76. The van der Waals surface area contributed by atoms with Gasteiger partial charge in [-0.1, -0.05) is 6.92 Å². The molecule has 0 aliphatic carbocycles.